The lowest BCUT2D eigenvalue weighted by molar-refractivity contribution is 0.409. The molecule has 0 radical (unpaired) electrons. The predicted molar refractivity (Wildman–Crippen MR) is 218 cm³/mol. The van der Waals surface area contributed by atoms with Crippen molar-refractivity contribution >= 4 is 33.0 Å². The van der Waals surface area contributed by atoms with E-state index in [4.69, 9.17) is 4.99 Å². The lowest BCUT2D eigenvalue weighted by atomic mass is 9.92. The topological polar surface area (TPSA) is 48.5 Å². The molecule has 2 aliphatic rings. The van der Waals surface area contributed by atoms with Gasteiger partial charge in [0.15, 0.2) is 0 Å². The van der Waals surface area contributed by atoms with E-state index in [1.165, 1.54) is 43.9 Å². The third-order valence-electron chi connectivity index (χ3n) is 10.2. The molecule has 7 aromatic carbocycles. The predicted octanol–water partition coefficient (Wildman–Crippen LogP) is 10.9. The van der Waals surface area contributed by atoms with Crippen molar-refractivity contribution in [2.24, 2.45) is 4.99 Å². The first-order valence-electron chi connectivity index (χ1n) is 18.1. The van der Waals surface area contributed by atoms with Crippen LogP contribution in [0.4, 0.5) is 0 Å². The summed E-state index contributed by atoms with van der Waals surface area (Å²) < 4.78 is 0. The fourth-order valence-corrected chi connectivity index (χ4v) is 7.64. The number of hydrogen-bond acceptors (Lipinski definition) is 4. The minimum Gasteiger partial charge on any atom is -0.383 e. The summed E-state index contributed by atoms with van der Waals surface area (Å²) in [6.07, 6.45) is 4.19. The Kier molecular flexibility index (Phi) is 8.22. The van der Waals surface area contributed by atoms with Crippen molar-refractivity contribution < 1.29 is 0 Å². The van der Waals surface area contributed by atoms with Gasteiger partial charge in [-0.3, -0.25) is 5.32 Å². The molecule has 2 heterocycles. The van der Waals surface area contributed by atoms with Gasteiger partial charge in [-0.15, -0.1) is 0 Å². The van der Waals surface area contributed by atoms with Gasteiger partial charge in [-0.05, 0) is 110 Å². The molecule has 3 N–H and O–H groups in total. The van der Waals surface area contributed by atoms with E-state index >= 15 is 0 Å². The zero-order valence-electron chi connectivity index (χ0n) is 29.3. The highest BCUT2D eigenvalue weighted by molar-refractivity contribution is 6.09. The number of nitrogens with zero attached hydrogens (tertiary/aromatic N) is 1. The summed E-state index contributed by atoms with van der Waals surface area (Å²) in [6, 6.07) is 57.2. The quantitative estimate of drug-likeness (QED) is 0.154. The molecule has 0 saturated heterocycles. The van der Waals surface area contributed by atoms with Crippen molar-refractivity contribution in [2.75, 3.05) is 0 Å². The molecule has 0 saturated carbocycles. The Morgan fingerprint density at radius 1 is 0.500 bits per heavy atom. The van der Waals surface area contributed by atoms with Crippen molar-refractivity contribution in [3.63, 3.8) is 0 Å². The average molecular weight is 673 g/mol. The fourth-order valence-electron chi connectivity index (χ4n) is 7.64. The molecule has 3 unspecified atom stereocenters. The molecule has 3 atom stereocenters. The fraction of sp³-hybridized carbons (Fsp3) is 0.104. The third kappa shape index (κ3) is 6.30. The molecular formula is C48H40N4. The van der Waals surface area contributed by atoms with Gasteiger partial charge in [0.05, 0.1) is 0 Å². The van der Waals surface area contributed by atoms with E-state index in [9.17, 15) is 0 Å². The van der Waals surface area contributed by atoms with Crippen LogP contribution in [0.2, 0.25) is 0 Å². The summed E-state index contributed by atoms with van der Waals surface area (Å²) in [5, 5.41) is 16.0. The number of fused-ring (bicyclic) bond motifs is 3. The minimum atomic E-state index is -0.210. The Bertz CT molecular complexity index is 2510. The van der Waals surface area contributed by atoms with E-state index in [-0.39, 0.29) is 12.3 Å². The second kappa shape index (κ2) is 13.5. The number of amidine groups is 1. The highest BCUT2D eigenvalue weighted by Crippen LogP contribution is 2.35. The van der Waals surface area contributed by atoms with Crippen LogP contribution >= 0.6 is 0 Å². The van der Waals surface area contributed by atoms with Gasteiger partial charge in [0.25, 0.3) is 0 Å². The minimum absolute atomic E-state index is 0.116. The van der Waals surface area contributed by atoms with Crippen LogP contribution in [0.15, 0.2) is 181 Å². The van der Waals surface area contributed by atoms with Crippen LogP contribution in [0.3, 0.4) is 0 Å². The van der Waals surface area contributed by atoms with E-state index in [1.807, 2.05) is 0 Å². The first-order chi connectivity index (χ1) is 25.5. The molecule has 7 aromatic rings. The van der Waals surface area contributed by atoms with E-state index in [2.05, 4.69) is 200 Å². The normalized spacial score (nSPS) is 18.6. The maximum atomic E-state index is 5.32. The highest BCUT2D eigenvalue weighted by Gasteiger charge is 2.26. The van der Waals surface area contributed by atoms with Gasteiger partial charge in [0.1, 0.15) is 18.2 Å². The van der Waals surface area contributed by atoms with E-state index in [0.29, 0.717) is 6.04 Å². The van der Waals surface area contributed by atoms with Gasteiger partial charge in [-0.2, -0.15) is 0 Å². The molecule has 0 amide bonds. The van der Waals surface area contributed by atoms with Gasteiger partial charge in [-0.1, -0.05) is 140 Å². The van der Waals surface area contributed by atoms with Crippen molar-refractivity contribution in [3.8, 4) is 22.3 Å². The molecule has 2 aliphatic heterocycles. The van der Waals surface area contributed by atoms with E-state index in [0.717, 1.165) is 39.2 Å². The van der Waals surface area contributed by atoms with Gasteiger partial charge < -0.3 is 10.6 Å². The van der Waals surface area contributed by atoms with Crippen molar-refractivity contribution in [3.05, 3.63) is 198 Å². The largest absolute Gasteiger partial charge is 0.383 e. The molecule has 4 nitrogen and oxygen atoms in total. The van der Waals surface area contributed by atoms with Crippen LogP contribution in [0.5, 0.6) is 0 Å². The van der Waals surface area contributed by atoms with Crippen LogP contribution in [0.25, 0.3) is 49.4 Å². The Hall–Kier alpha value is -6.23. The Labute approximate surface area is 305 Å². The molecule has 0 spiro atoms. The first-order valence-corrected chi connectivity index (χ1v) is 18.1. The van der Waals surface area contributed by atoms with Crippen LogP contribution in [-0.4, -0.2) is 11.9 Å². The SMILES string of the molecule is CC1=CC(c2ccc(-c3cc(C4=NC(c5ccccc5)NC(c5ccccc5)N4)cc(-c4ccc5ccc6ccccc6c5c4)c3)cc2)=CC(C)N1. The summed E-state index contributed by atoms with van der Waals surface area (Å²) in [5.74, 6) is 0.863. The maximum Gasteiger partial charge on any atom is 0.131 e. The molecule has 0 aromatic heterocycles. The lowest BCUT2D eigenvalue weighted by Gasteiger charge is -2.32. The smallest absolute Gasteiger partial charge is 0.131 e. The monoisotopic (exact) mass is 672 g/mol. The van der Waals surface area contributed by atoms with Gasteiger partial charge >= 0.3 is 0 Å². The molecule has 252 valence electrons. The molecule has 0 fully saturated rings. The zero-order valence-corrected chi connectivity index (χ0v) is 29.3. The highest BCUT2D eigenvalue weighted by atomic mass is 15.3. The number of dihydropyridines is 1. The second-order valence-electron chi connectivity index (χ2n) is 13.9. The Morgan fingerprint density at radius 3 is 1.85 bits per heavy atom. The number of allylic oxidation sites excluding steroid dienone is 3. The first kappa shape index (κ1) is 31.7. The Morgan fingerprint density at radius 2 is 1.10 bits per heavy atom. The van der Waals surface area contributed by atoms with Crippen LogP contribution in [-0.2, 0) is 0 Å². The molecule has 52 heavy (non-hydrogen) atoms. The summed E-state index contributed by atoms with van der Waals surface area (Å²) >= 11 is 0. The zero-order chi connectivity index (χ0) is 35.0. The Balaban J connectivity index is 1.19. The molecule has 9 rings (SSSR count). The molecule has 0 bridgehead atoms. The summed E-state index contributed by atoms with van der Waals surface area (Å²) in [5.41, 5.74) is 11.6. The number of aliphatic imine (C=N–C) groups is 1. The van der Waals surface area contributed by atoms with Crippen LogP contribution in [0.1, 0.15) is 48.4 Å². The van der Waals surface area contributed by atoms with Crippen LogP contribution in [0, 0.1) is 0 Å². The van der Waals surface area contributed by atoms with Crippen molar-refractivity contribution in [1.82, 2.24) is 16.0 Å². The van der Waals surface area contributed by atoms with Gasteiger partial charge in [0, 0.05) is 17.3 Å². The van der Waals surface area contributed by atoms with E-state index in [1.54, 1.807) is 0 Å². The molecule has 0 aliphatic carbocycles. The van der Waals surface area contributed by atoms with Crippen molar-refractivity contribution in [1.29, 1.82) is 0 Å². The number of nitrogens with one attached hydrogen (secondary N) is 3. The number of benzene rings is 7. The maximum absolute atomic E-state index is 5.32. The third-order valence-corrected chi connectivity index (χ3v) is 10.2. The second-order valence-corrected chi connectivity index (χ2v) is 13.9. The standard InChI is InChI=1S/C48H40N4/c1-31-25-40(26-32(2)49-31)33-17-19-34(20-18-33)41-27-42(39-24-23-36-22-21-35-11-9-10-16-44(35)45(36)30-39)29-43(28-41)48-51-46(37-12-5-3-6-13-37)50-47(52-48)38-14-7-4-8-15-38/h3-31,46-47,49-50H,1-2H3,(H,51,52). The van der Waals surface area contributed by atoms with Crippen molar-refractivity contribution in [2.45, 2.75) is 32.2 Å². The summed E-state index contributed by atoms with van der Waals surface area (Å²) in [4.78, 5) is 5.32. The van der Waals surface area contributed by atoms with Gasteiger partial charge in [-0.25, -0.2) is 4.99 Å². The summed E-state index contributed by atoms with van der Waals surface area (Å²) in [6.45, 7) is 4.32. The summed E-state index contributed by atoms with van der Waals surface area (Å²) in [7, 11) is 0. The van der Waals surface area contributed by atoms with E-state index < -0.39 is 0 Å². The average Bonchev–Trinajstić information content (AvgIpc) is 3.20. The number of hydrogen-bond donors (Lipinski definition) is 3. The molecule has 4 heteroatoms. The lowest BCUT2D eigenvalue weighted by Crippen LogP contribution is -2.44. The van der Waals surface area contributed by atoms with Gasteiger partial charge in [0.2, 0.25) is 0 Å². The van der Waals surface area contributed by atoms with Crippen LogP contribution < -0.4 is 16.0 Å². The molecular weight excluding hydrogens is 633 g/mol. The number of rotatable bonds is 6.